The SMILES string of the molecule is O=C(OCC(O)CO)c1nn(Cc2ccc(Cl)cc2)c2ccccc12. The van der Waals surface area contributed by atoms with Crippen LogP contribution in [0.2, 0.25) is 5.02 Å². The maximum Gasteiger partial charge on any atom is 0.359 e. The van der Waals surface area contributed by atoms with Gasteiger partial charge in [-0.3, -0.25) is 4.68 Å². The fraction of sp³-hybridized carbons (Fsp3) is 0.222. The van der Waals surface area contributed by atoms with Gasteiger partial charge in [0.05, 0.1) is 18.7 Å². The summed E-state index contributed by atoms with van der Waals surface area (Å²) < 4.78 is 6.75. The van der Waals surface area contributed by atoms with Gasteiger partial charge in [0.15, 0.2) is 5.69 Å². The Labute approximate surface area is 149 Å². The lowest BCUT2D eigenvalue weighted by molar-refractivity contribution is 0.00897. The molecule has 0 aliphatic rings. The molecule has 0 amide bonds. The lowest BCUT2D eigenvalue weighted by Gasteiger charge is -2.07. The number of halogens is 1. The van der Waals surface area contributed by atoms with E-state index in [0.29, 0.717) is 17.0 Å². The lowest BCUT2D eigenvalue weighted by atomic mass is 10.2. The Balaban J connectivity index is 1.89. The number of hydrogen-bond acceptors (Lipinski definition) is 5. The van der Waals surface area contributed by atoms with Gasteiger partial charge in [-0.25, -0.2) is 4.79 Å². The summed E-state index contributed by atoms with van der Waals surface area (Å²) in [5.74, 6) is -0.640. The molecule has 7 heteroatoms. The first-order valence-electron chi connectivity index (χ1n) is 7.74. The zero-order chi connectivity index (χ0) is 17.8. The number of carbonyl (C=O) groups excluding carboxylic acids is 1. The number of esters is 1. The van der Waals surface area contributed by atoms with Crippen LogP contribution in [0, 0.1) is 0 Å². The molecule has 0 spiro atoms. The van der Waals surface area contributed by atoms with E-state index in [0.717, 1.165) is 11.1 Å². The van der Waals surface area contributed by atoms with E-state index in [9.17, 15) is 9.90 Å². The number of aliphatic hydroxyl groups excluding tert-OH is 2. The molecule has 0 radical (unpaired) electrons. The van der Waals surface area contributed by atoms with Crippen LogP contribution in [-0.4, -0.2) is 45.3 Å². The molecule has 2 N–H and O–H groups in total. The highest BCUT2D eigenvalue weighted by Crippen LogP contribution is 2.21. The average Bonchev–Trinajstić information content (AvgIpc) is 3.00. The zero-order valence-corrected chi connectivity index (χ0v) is 14.1. The number of aliphatic hydroxyl groups is 2. The molecule has 0 aliphatic carbocycles. The minimum Gasteiger partial charge on any atom is -0.458 e. The van der Waals surface area contributed by atoms with Gasteiger partial charge in [0, 0.05) is 10.4 Å². The van der Waals surface area contributed by atoms with Gasteiger partial charge in [-0.15, -0.1) is 0 Å². The van der Waals surface area contributed by atoms with Crippen molar-refractivity contribution in [1.29, 1.82) is 0 Å². The van der Waals surface area contributed by atoms with Crippen molar-refractivity contribution in [3.63, 3.8) is 0 Å². The summed E-state index contributed by atoms with van der Waals surface area (Å²) >= 11 is 5.91. The van der Waals surface area contributed by atoms with E-state index in [4.69, 9.17) is 21.4 Å². The fourth-order valence-electron chi connectivity index (χ4n) is 2.45. The maximum absolute atomic E-state index is 12.3. The molecular weight excluding hydrogens is 344 g/mol. The third kappa shape index (κ3) is 3.99. The third-order valence-corrected chi connectivity index (χ3v) is 3.97. The van der Waals surface area contributed by atoms with Crippen molar-refractivity contribution in [2.45, 2.75) is 12.6 Å². The van der Waals surface area contributed by atoms with Crippen LogP contribution in [0.1, 0.15) is 16.1 Å². The largest absolute Gasteiger partial charge is 0.458 e. The Bertz CT molecular complexity index is 876. The first-order chi connectivity index (χ1) is 12.1. The summed E-state index contributed by atoms with van der Waals surface area (Å²) in [6.45, 7) is -0.281. The monoisotopic (exact) mass is 360 g/mol. The van der Waals surface area contributed by atoms with Crippen LogP contribution in [0.3, 0.4) is 0 Å². The molecule has 3 aromatic rings. The van der Waals surface area contributed by atoms with Gasteiger partial charge in [0.1, 0.15) is 12.7 Å². The van der Waals surface area contributed by atoms with E-state index in [1.165, 1.54) is 0 Å². The molecule has 1 atom stereocenters. The summed E-state index contributed by atoms with van der Waals surface area (Å²) in [4.78, 5) is 12.3. The Morgan fingerprint density at radius 2 is 1.92 bits per heavy atom. The van der Waals surface area contributed by atoms with Gasteiger partial charge in [-0.1, -0.05) is 41.9 Å². The normalized spacial score (nSPS) is 12.3. The van der Waals surface area contributed by atoms with E-state index in [1.807, 2.05) is 30.3 Å². The highest BCUT2D eigenvalue weighted by Gasteiger charge is 2.19. The minimum atomic E-state index is -1.11. The average molecular weight is 361 g/mol. The van der Waals surface area contributed by atoms with E-state index in [1.54, 1.807) is 22.9 Å². The number of carbonyl (C=O) groups is 1. The third-order valence-electron chi connectivity index (χ3n) is 3.71. The van der Waals surface area contributed by atoms with Crippen LogP contribution < -0.4 is 0 Å². The Kier molecular flexibility index (Phi) is 5.33. The van der Waals surface area contributed by atoms with Gasteiger partial charge in [0.25, 0.3) is 0 Å². The molecule has 2 aromatic carbocycles. The zero-order valence-electron chi connectivity index (χ0n) is 13.3. The molecule has 25 heavy (non-hydrogen) atoms. The van der Waals surface area contributed by atoms with E-state index in [2.05, 4.69) is 5.10 Å². The maximum atomic E-state index is 12.3. The minimum absolute atomic E-state index is 0.176. The lowest BCUT2D eigenvalue weighted by Crippen LogP contribution is -2.22. The van der Waals surface area contributed by atoms with Crippen LogP contribution in [0.4, 0.5) is 0 Å². The van der Waals surface area contributed by atoms with Crippen LogP contribution in [0.15, 0.2) is 48.5 Å². The predicted molar refractivity (Wildman–Crippen MR) is 93.7 cm³/mol. The van der Waals surface area contributed by atoms with Crippen molar-refractivity contribution in [2.75, 3.05) is 13.2 Å². The number of fused-ring (bicyclic) bond motifs is 1. The second-order valence-electron chi connectivity index (χ2n) is 5.58. The number of aromatic nitrogens is 2. The number of ether oxygens (including phenoxy) is 1. The van der Waals surface area contributed by atoms with Gasteiger partial charge < -0.3 is 14.9 Å². The van der Waals surface area contributed by atoms with Crippen LogP contribution in [0.5, 0.6) is 0 Å². The van der Waals surface area contributed by atoms with Crippen LogP contribution in [0.25, 0.3) is 10.9 Å². The summed E-state index contributed by atoms with van der Waals surface area (Å²) in [6.07, 6.45) is -1.11. The predicted octanol–water partition coefficient (Wildman–Crippen LogP) is 2.25. The standard InChI is InChI=1S/C18H17ClN2O4/c19-13-7-5-12(6-8-13)9-21-16-4-2-1-3-15(16)17(20-21)18(24)25-11-14(23)10-22/h1-8,14,22-23H,9-11H2. The van der Waals surface area contributed by atoms with Gasteiger partial charge >= 0.3 is 5.97 Å². The van der Waals surface area contributed by atoms with Crippen molar-refractivity contribution in [3.8, 4) is 0 Å². The van der Waals surface area contributed by atoms with Gasteiger partial charge in [0.2, 0.25) is 0 Å². The first-order valence-corrected chi connectivity index (χ1v) is 8.12. The molecule has 1 aromatic heterocycles. The molecule has 6 nitrogen and oxygen atoms in total. The second kappa shape index (κ2) is 7.65. The Morgan fingerprint density at radius 1 is 1.20 bits per heavy atom. The molecule has 0 fully saturated rings. The molecular formula is C18H17ClN2O4. The smallest absolute Gasteiger partial charge is 0.359 e. The van der Waals surface area contributed by atoms with Crippen molar-refractivity contribution in [1.82, 2.24) is 9.78 Å². The summed E-state index contributed by atoms with van der Waals surface area (Å²) in [5, 5.41) is 23.8. The van der Waals surface area contributed by atoms with E-state index >= 15 is 0 Å². The molecule has 0 saturated heterocycles. The molecule has 130 valence electrons. The van der Waals surface area contributed by atoms with E-state index in [-0.39, 0.29) is 12.3 Å². The number of hydrogen-bond donors (Lipinski definition) is 2. The molecule has 1 unspecified atom stereocenters. The highest BCUT2D eigenvalue weighted by atomic mass is 35.5. The van der Waals surface area contributed by atoms with Crippen molar-refractivity contribution in [3.05, 3.63) is 64.8 Å². The van der Waals surface area contributed by atoms with Crippen molar-refractivity contribution < 1.29 is 19.7 Å². The quantitative estimate of drug-likeness (QED) is 0.659. The molecule has 0 bridgehead atoms. The Hall–Kier alpha value is -2.41. The van der Waals surface area contributed by atoms with Gasteiger partial charge in [-0.2, -0.15) is 5.10 Å². The molecule has 0 saturated carbocycles. The second-order valence-corrected chi connectivity index (χ2v) is 6.02. The number of para-hydroxylation sites is 1. The fourth-order valence-corrected chi connectivity index (χ4v) is 2.58. The van der Waals surface area contributed by atoms with E-state index < -0.39 is 18.7 Å². The van der Waals surface area contributed by atoms with Crippen LogP contribution >= 0.6 is 11.6 Å². The molecule has 3 rings (SSSR count). The Morgan fingerprint density at radius 3 is 2.64 bits per heavy atom. The topological polar surface area (TPSA) is 84.6 Å². The summed E-state index contributed by atoms with van der Waals surface area (Å²) in [6, 6.07) is 14.7. The number of benzene rings is 2. The van der Waals surface area contributed by atoms with Crippen molar-refractivity contribution in [2.24, 2.45) is 0 Å². The molecule has 1 heterocycles. The highest BCUT2D eigenvalue weighted by molar-refractivity contribution is 6.30. The first kappa shape index (κ1) is 17.4. The van der Waals surface area contributed by atoms with Crippen LogP contribution in [-0.2, 0) is 11.3 Å². The summed E-state index contributed by atoms with van der Waals surface area (Å²) in [7, 11) is 0. The number of nitrogens with zero attached hydrogens (tertiary/aromatic N) is 2. The van der Waals surface area contributed by atoms with Gasteiger partial charge in [-0.05, 0) is 23.8 Å². The summed E-state index contributed by atoms with van der Waals surface area (Å²) in [5.41, 5.74) is 1.97. The molecule has 0 aliphatic heterocycles. The number of rotatable bonds is 6. The van der Waals surface area contributed by atoms with Crippen molar-refractivity contribution >= 4 is 28.5 Å².